The summed E-state index contributed by atoms with van der Waals surface area (Å²) in [5.74, 6) is 1.67. The van der Waals surface area contributed by atoms with Gasteiger partial charge in [-0.2, -0.15) is 0 Å². The van der Waals surface area contributed by atoms with Crippen LogP contribution in [0.5, 0.6) is 0 Å². The fourth-order valence-corrected chi connectivity index (χ4v) is 2.26. The van der Waals surface area contributed by atoms with Gasteiger partial charge in [-0.05, 0) is 36.2 Å². The van der Waals surface area contributed by atoms with Gasteiger partial charge in [0.05, 0.1) is 6.26 Å². The van der Waals surface area contributed by atoms with E-state index in [1.54, 1.807) is 13.3 Å². The van der Waals surface area contributed by atoms with Crippen LogP contribution in [0.25, 0.3) is 0 Å². The SMILES string of the molecule is CN=C(NCCc1ccc(NC(C)=O)cc1)NCCc1ccco1. The molecular weight excluding hydrogens is 304 g/mol. The van der Waals surface area contributed by atoms with E-state index in [0.29, 0.717) is 0 Å². The molecular formula is C18H24N4O2. The molecule has 1 aromatic heterocycles. The minimum absolute atomic E-state index is 0.0613. The summed E-state index contributed by atoms with van der Waals surface area (Å²) in [5, 5.41) is 9.30. The van der Waals surface area contributed by atoms with E-state index in [9.17, 15) is 4.79 Å². The third-order valence-electron chi connectivity index (χ3n) is 3.45. The van der Waals surface area contributed by atoms with Crippen molar-refractivity contribution in [2.45, 2.75) is 19.8 Å². The van der Waals surface area contributed by atoms with Gasteiger partial charge in [-0.25, -0.2) is 0 Å². The van der Waals surface area contributed by atoms with Gasteiger partial charge < -0.3 is 20.4 Å². The van der Waals surface area contributed by atoms with Crippen LogP contribution in [0.1, 0.15) is 18.2 Å². The lowest BCUT2D eigenvalue weighted by Gasteiger charge is -2.11. The second-order valence-corrected chi connectivity index (χ2v) is 5.38. The Hall–Kier alpha value is -2.76. The Bertz CT molecular complexity index is 648. The molecule has 1 heterocycles. The van der Waals surface area contributed by atoms with Crippen LogP contribution >= 0.6 is 0 Å². The Kier molecular flexibility index (Phi) is 6.89. The first-order valence-corrected chi connectivity index (χ1v) is 8.01. The number of carbonyl (C=O) groups is 1. The highest BCUT2D eigenvalue weighted by Gasteiger charge is 2.00. The van der Waals surface area contributed by atoms with Crippen molar-refractivity contribution in [3.05, 3.63) is 54.0 Å². The van der Waals surface area contributed by atoms with E-state index in [0.717, 1.165) is 43.3 Å². The standard InChI is InChI=1S/C18H24N4O2/c1-14(23)22-16-7-5-15(6-8-16)9-11-20-18(19-2)21-12-10-17-4-3-13-24-17/h3-8,13H,9-12H2,1-2H3,(H,22,23)(H2,19,20,21). The summed E-state index contributed by atoms with van der Waals surface area (Å²) in [7, 11) is 1.75. The molecule has 0 aliphatic carbocycles. The number of benzene rings is 1. The fourth-order valence-electron chi connectivity index (χ4n) is 2.26. The Morgan fingerprint density at radius 1 is 1.08 bits per heavy atom. The minimum Gasteiger partial charge on any atom is -0.469 e. The molecule has 0 fully saturated rings. The molecule has 1 amide bonds. The molecule has 3 N–H and O–H groups in total. The lowest BCUT2D eigenvalue weighted by atomic mass is 10.1. The summed E-state index contributed by atoms with van der Waals surface area (Å²) < 4.78 is 5.30. The average Bonchev–Trinajstić information content (AvgIpc) is 3.08. The number of aliphatic imine (C=N–C) groups is 1. The normalized spacial score (nSPS) is 11.2. The number of anilines is 1. The molecule has 6 nitrogen and oxygen atoms in total. The maximum Gasteiger partial charge on any atom is 0.221 e. The summed E-state index contributed by atoms with van der Waals surface area (Å²) in [5.41, 5.74) is 2.01. The number of nitrogens with one attached hydrogen (secondary N) is 3. The molecule has 6 heteroatoms. The molecule has 2 aromatic rings. The van der Waals surface area contributed by atoms with Gasteiger partial charge in [-0.3, -0.25) is 9.79 Å². The van der Waals surface area contributed by atoms with Gasteiger partial charge in [0.1, 0.15) is 5.76 Å². The van der Waals surface area contributed by atoms with Crippen molar-refractivity contribution in [2.24, 2.45) is 4.99 Å². The summed E-state index contributed by atoms with van der Waals surface area (Å²) in [6, 6.07) is 11.7. The highest BCUT2D eigenvalue weighted by molar-refractivity contribution is 5.88. The zero-order chi connectivity index (χ0) is 17.2. The van der Waals surface area contributed by atoms with E-state index < -0.39 is 0 Å². The first-order valence-electron chi connectivity index (χ1n) is 8.01. The molecule has 0 spiro atoms. The first-order chi connectivity index (χ1) is 11.7. The molecule has 0 aliphatic heterocycles. The number of nitrogens with zero attached hydrogens (tertiary/aromatic N) is 1. The highest BCUT2D eigenvalue weighted by Crippen LogP contribution is 2.09. The predicted octanol–water partition coefficient (Wildman–Crippen LogP) is 2.19. The van der Waals surface area contributed by atoms with Crippen molar-refractivity contribution in [2.75, 3.05) is 25.5 Å². The third kappa shape index (κ3) is 6.16. The van der Waals surface area contributed by atoms with Gasteiger partial charge in [0.25, 0.3) is 0 Å². The molecule has 1 aromatic carbocycles. The van der Waals surface area contributed by atoms with E-state index in [-0.39, 0.29) is 5.91 Å². The van der Waals surface area contributed by atoms with Crippen molar-refractivity contribution in [3.63, 3.8) is 0 Å². The van der Waals surface area contributed by atoms with Crippen LogP contribution in [0.15, 0.2) is 52.1 Å². The zero-order valence-corrected chi connectivity index (χ0v) is 14.1. The van der Waals surface area contributed by atoms with Crippen molar-refractivity contribution < 1.29 is 9.21 Å². The topological polar surface area (TPSA) is 78.7 Å². The van der Waals surface area contributed by atoms with Gasteiger partial charge in [0.15, 0.2) is 5.96 Å². The summed E-state index contributed by atoms with van der Waals surface area (Å²) in [4.78, 5) is 15.2. The van der Waals surface area contributed by atoms with Crippen LogP contribution in [-0.2, 0) is 17.6 Å². The maximum absolute atomic E-state index is 11.0. The Balaban J connectivity index is 1.68. The second-order valence-electron chi connectivity index (χ2n) is 5.38. The molecule has 128 valence electrons. The molecule has 0 bridgehead atoms. The third-order valence-corrected chi connectivity index (χ3v) is 3.45. The number of hydrogen-bond donors (Lipinski definition) is 3. The molecule has 0 atom stereocenters. The van der Waals surface area contributed by atoms with Gasteiger partial charge >= 0.3 is 0 Å². The molecule has 2 rings (SSSR count). The molecule has 0 saturated heterocycles. The molecule has 24 heavy (non-hydrogen) atoms. The quantitative estimate of drug-likeness (QED) is 0.538. The van der Waals surface area contributed by atoms with Crippen molar-refractivity contribution >= 4 is 17.6 Å². The Labute approximate surface area is 142 Å². The molecule has 0 aliphatic rings. The van der Waals surface area contributed by atoms with E-state index >= 15 is 0 Å². The van der Waals surface area contributed by atoms with Crippen LogP contribution in [0.4, 0.5) is 5.69 Å². The first kappa shape index (κ1) is 17.6. The number of amides is 1. The number of rotatable bonds is 7. The van der Waals surface area contributed by atoms with Crippen molar-refractivity contribution in [1.82, 2.24) is 10.6 Å². The maximum atomic E-state index is 11.0. The van der Waals surface area contributed by atoms with Gasteiger partial charge in [0.2, 0.25) is 5.91 Å². The predicted molar refractivity (Wildman–Crippen MR) is 96.2 cm³/mol. The lowest BCUT2D eigenvalue weighted by Crippen LogP contribution is -2.39. The van der Waals surface area contributed by atoms with E-state index in [4.69, 9.17) is 4.42 Å². The highest BCUT2D eigenvalue weighted by atomic mass is 16.3. The number of hydrogen-bond acceptors (Lipinski definition) is 3. The molecule has 0 unspecified atom stereocenters. The number of carbonyl (C=O) groups excluding carboxylic acids is 1. The smallest absolute Gasteiger partial charge is 0.221 e. The Morgan fingerprint density at radius 3 is 2.38 bits per heavy atom. The van der Waals surface area contributed by atoms with Crippen LogP contribution in [-0.4, -0.2) is 32.0 Å². The molecule has 0 saturated carbocycles. The number of furan rings is 1. The van der Waals surface area contributed by atoms with Crippen LogP contribution in [0.2, 0.25) is 0 Å². The average molecular weight is 328 g/mol. The monoisotopic (exact) mass is 328 g/mol. The summed E-state index contributed by atoms with van der Waals surface area (Å²) >= 11 is 0. The van der Waals surface area contributed by atoms with E-state index in [1.165, 1.54) is 12.5 Å². The van der Waals surface area contributed by atoms with Gasteiger partial charge in [0, 0.05) is 39.2 Å². The number of guanidine groups is 1. The largest absolute Gasteiger partial charge is 0.469 e. The van der Waals surface area contributed by atoms with E-state index in [2.05, 4.69) is 20.9 Å². The zero-order valence-electron chi connectivity index (χ0n) is 14.1. The minimum atomic E-state index is -0.0613. The van der Waals surface area contributed by atoms with Crippen molar-refractivity contribution in [1.29, 1.82) is 0 Å². The fraction of sp³-hybridized carbons (Fsp3) is 0.333. The lowest BCUT2D eigenvalue weighted by molar-refractivity contribution is -0.114. The van der Waals surface area contributed by atoms with Gasteiger partial charge in [-0.1, -0.05) is 12.1 Å². The Morgan fingerprint density at radius 2 is 1.79 bits per heavy atom. The summed E-state index contributed by atoms with van der Waals surface area (Å²) in [6.45, 7) is 3.04. The van der Waals surface area contributed by atoms with E-state index in [1.807, 2.05) is 36.4 Å². The van der Waals surface area contributed by atoms with Crippen LogP contribution in [0.3, 0.4) is 0 Å². The summed E-state index contributed by atoms with van der Waals surface area (Å²) in [6.07, 6.45) is 3.37. The van der Waals surface area contributed by atoms with Crippen LogP contribution < -0.4 is 16.0 Å². The molecule has 0 radical (unpaired) electrons. The van der Waals surface area contributed by atoms with Gasteiger partial charge in [-0.15, -0.1) is 0 Å². The van der Waals surface area contributed by atoms with Crippen LogP contribution in [0, 0.1) is 0 Å². The second kappa shape index (κ2) is 9.39. The van der Waals surface area contributed by atoms with Crippen molar-refractivity contribution in [3.8, 4) is 0 Å².